The number of nitrogens with one attached hydrogen (secondary N) is 1. The number of amides is 1. The van der Waals surface area contributed by atoms with Gasteiger partial charge in [-0.3, -0.25) is 9.59 Å². The number of allylic oxidation sites excluding steroid dienone is 3. The average molecular weight is 406 g/mol. The molecule has 28 heavy (non-hydrogen) atoms. The van der Waals surface area contributed by atoms with E-state index in [2.05, 4.69) is 25.1 Å². The predicted octanol–water partition coefficient (Wildman–Crippen LogP) is 6.61. The van der Waals surface area contributed by atoms with Gasteiger partial charge in [0.2, 0.25) is 5.91 Å². The van der Waals surface area contributed by atoms with Crippen LogP contribution in [0.15, 0.2) is 22.8 Å². The number of carbonyl (C=O) groups excluding carboxylic acids is 2. The summed E-state index contributed by atoms with van der Waals surface area (Å²) in [6, 6.07) is 0. The van der Waals surface area contributed by atoms with Crippen LogP contribution in [-0.4, -0.2) is 11.0 Å². The number of hydrogen-bond acceptors (Lipinski definition) is 3. The number of thioether (sulfide) groups is 1. The Kier molecular flexibility index (Phi) is 13.8. The van der Waals surface area contributed by atoms with Crippen molar-refractivity contribution in [2.75, 3.05) is 0 Å². The highest BCUT2D eigenvalue weighted by atomic mass is 32.2. The molecular formula is C24H39NO2S. The van der Waals surface area contributed by atoms with Crippen molar-refractivity contribution in [3.8, 4) is 12.3 Å². The van der Waals surface area contributed by atoms with Gasteiger partial charge in [0, 0.05) is 10.3 Å². The Hall–Kier alpha value is -1.47. The summed E-state index contributed by atoms with van der Waals surface area (Å²) < 4.78 is 0. The molecule has 1 rings (SSSR count). The maximum Gasteiger partial charge on any atom is 0.266 e. The minimum absolute atomic E-state index is 0.102. The Morgan fingerprint density at radius 3 is 2.21 bits per heavy atom. The fourth-order valence-corrected chi connectivity index (χ4v) is 4.34. The lowest BCUT2D eigenvalue weighted by Gasteiger charge is -2.38. The van der Waals surface area contributed by atoms with Crippen LogP contribution in [0.2, 0.25) is 0 Å². The Balaban J connectivity index is 0.00000352. The monoisotopic (exact) mass is 405 g/mol. The molecule has 1 saturated carbocycles. The van der Waals surface area contributed by atoms with Gasteiger partial charge in [0.05, 0.1) is 5.70 Å². The normalized spacial score (nSPS) is 16.6. The number of rotatable bonds is 8. The van der Waals surface area contributed by atoms with Crippen molar-refractivity contribution in [2.45, 2.75) is 92.9 Å². The Morgan fingerprint density at radius 1 is 1.18 bits per heavy atom. The molecule has 0 spiro atoms. The van der Waals surface area contributed by atoms with Crippen LogP contribution in [-0.2, 0) is 9.59 Å². The van der Waals surface area contributed by atoms with Crippen LogP contribution >= 0.6 is 11.8 Å². The fraction of sp³-hybridized carbons (Fsp3) is 0.667. The van der Waals surface area contributed by atoms with Crippen LogP contribution in [0, 0.1) is 23.7 Å². The third-order valence-corrected chi connectivity index (χ3v) is 6.28. The first kappa shape index (κ1) is 26.5. The topological polar surface area (TPSA) is 46.2 Å². The maximum atomic E-state index is 13.3. The summed E-state index contributed by atoms with van der Waals surface area (Å²) in [5.74, 6) is 2.79. The third kappa shape index (κ3) is 8.27. The van der Waals surface area contributed by atoms with Crippen molar-refractivity contribution in [1.82, 2.24) is 5.32 Å². The molecule has 1 aliphatic rings. The minimum Gasteiger partial charge on any atom is -0.325 e. The van der Waals surface area contributed by atoms with E-state index >= 15 is 0 Å². The summed E-state index contributed by atoms with van der Waals surface area (Å²) in [6.45, 7) is 12.1. The molecular weight excluding hydrogens is 366 g/mol. The Morgan fingerprint density at radius 2 is 1.75 bits per heavy atom. The van der Waals surface area contributed by atoms with Gasteiger partial charge in [-0.1, -0.05) is 65.9 Å². The van der Waals surface area contributed by atoms with E-state index in [9.17, 15) is 9.59 Å². The lowest BCUT2D eigenvalue weighted by atomic mass is 9.67. The fourth-order valence-electron chi connectivity index (χ4n) is 3.77. The zero-order valence-corrected chi connectivity index (χ0v) is 19.5. The smallest absolute Gasteiger partial charge is 0.266 e. The van der Waals surface area contributed by atoms with Crippen LogP contribution in [0.5, 0.6) is 0 Å². The van der Waals surface area contributed by atoms with E-state index in [0.29, 0.717) is 11.6 Å². The van der Waals surface area contributed by atoms with Crippen LogP contribution < -0.4 is 5.32 Å². The molecule has 0 atom stereocenters. The van der Waals surface area contributed by atoms with Gasteiger partial charge in [-0.05, 0) is 62.8 Å². The van der Waals surface area contributed by atoms with E-state index in [-0.39, 0.29) is 16.4 Å². The van der Waals surface area contributed by atoms with Gasteiger partial charge in [-0.15, -0.1) is 6.42 Å². The Labute approximate surface area is 177 Å². The second-order valence-corrected chi connectivity index (χ2v) is 8.37. The average Bonchev–Trinajstić information content (AvgIpc) is 2.73. The van der Waals surface area contributed by atoms with Gasteiger partial charge in [-0.25, -0.2) is 0 Å². The molecule has 0 unspecified atom stereocenters. The van der Waals surface area contributed by atoms with Crippen LogP contribution in [0.1, 0.15) is 92.9 Å². The van der Waals surface area contributed by atoms with Crippen molar-refractivity contribution in [3.05, 3.63) is 22.8 Å². The summed E-state index contributed by atoms with van der Waals surface area (Å²) in [7, 11) is 0. The molecule has 0 saturated heterocycles. The maximum absolute atomic E-state index is 13.3. The summed E-state index contributed by atoms with van der Waals surface area (Å²) in [6.07, 6.45) is 17.4. The summed E-state index contributed by atoms with van der Waals surface area (Å²) in [5, 5.41) is 2.78. The van der Waals surface area contributed by atoms with Crippen molar-refractivity contribution in [2.24, 2.45) is 11.3 Å². The van der Waals surface area contributed by atoms with Gasteiger partial charge in [-0.2, -0.15) is 0 Å². The molecule has 0 aromatic heterocycles. The first-order chi connectivity index (χ1) is 13.4. The molecule has 1 amide bonds. The van der Waals surface area contributed by atoms with Crippen LogP contribution in [0.4, 0.5) is 0 Å². The van der Waals surface area contributed by atoms with E-state index in [0.717, 1.165) is 61.6 Å². The molecule has 0 heterocycles. The molecule has 158 valence electrons. The lowest BCUT2D eigenvalue weighted by molar-refractivity contribution is -0.133. The van der Waals surface area contributed by atoms with Gasteiger partial charge >= 0.3 is 0 Å². The van der Waals surface area contributed by atoms with E-state index in [4.69, 9.17) is 6.42 Å². The van der Waals surface area contributed by atoms with Crippen LogP contribution in [0.3, 0.4) is 0 Å². The standard InChI is InChI=1S/C22H33NO2S.C2H6/c1-6-13-19(17(5)26-20(24)9-4)23-21(25)22(14-11-10-12-15-22)16-18(7-2)8-3;1-2/h4,6,13,18H,7-8,10-12,14-16H2,1-3,5H3,(H,23,25);1-2H3/b13-6-,19-17-;. The third-order valence-electron chi connectivity index (χ3n) is 5.45. The highest BCUT2D eigenvalue weighted by Crippen LogP contribution is 2.43. The minimum atomic E-state index is -0.344. The molecule has 0 radical (unpaired) electrons. The zero-order valence-electron chi connectivity index (χ0n) is 18.7. The highest BCUT2D eigenvalue weighted by molar-refractivity contribution is 8.17. The molecule has 0 aromatic rings. The van der Waals surface area contributed by atoms with Crippen molar-refractivity contribution in [3.63, 3.8) is 0 Å². The molecule has 4 heteroatoms. The summed E-state index contributed by atoms with van der Waals surface area (Å²) in [5.41, 5.74) is 0.392. The molecule has 0 aliphatic heterocycles. The zero-order chi connectivity index (χ0) is 21.6. The number of terminal acetylenes is 1. The second kappa shape index (κ2) is 14.5. The van der Waals surface area contributed by atoms with Gasteiger partial charge in [0.1, 0.15) is 0 Å². The first-order valence-electron chi connectivity index (χ1n) is 10.8. The lowest BCUT2D eigenvalue weighted by Crippen LogP contribution is -2.43. The molecule has 1 N–H and O–H groups in total. The second-order valence-electron chi connectivity index (χ2n) is 7.19. The van der Waals surface area contributed by atoms with Crippen molar-refractivity contribution >= 4 is 22.8 Å². The van der Waals surface area contributed by atoms with E-state index < -0.39 is 0 Å². The molecule has 0 bridgehead atoms. The van der Waals surface area contributed by atoms with Crippen molar-refractivity contribution < 1.29 is 9.59 Å². The molecule has 0 aromatic carbocycles. The van der Waals surface area contributed by atoms with E-state index in [1.54, 1.807) is 0 Å². The summed E-state index contributed by atoms with van der Waals surface area (Å²) in [4.78, 5) is 25.6. The summed E-state index contributed by atoms with van der Waals surface area (Å²) >= 11 is 0.997. The molecule has 1 fully saturated rings. The predicted molar refractivity (Wildman–Crippen MR) is 123 cm³/mol. The number of carbonyl (C=O) groups is 2. The SMILES string of the molecule is C#CC(=O)S/C(C)=C(/C=C\C)NC(=O)C1(CC(CC)CC)CCCCC1.CC. The quantitative estimate of drug-likeness (QED) is 0.365. The number of hydrogen-bond donors (Lipinski definition) is 1. The van der Waals surface area contributed by atoms with Gasteiger partial charge in [0.15, 0.2) is 0 Å². The van der Waals surface area contributed by atoms with Gasteiger partial charge in [0.25, 0.3) is 5.12 Å². The first-order valence-corrected chi connectivity index (χ1v) is 11.6. The van der Waals surface area contributed by atoms with Crippen LogP contribution in [0.25, 0.3) is 0 Å². The Bertz CT molecular complexity index is 588. The largest absolute Gasteiger partial charge is 0.325 e. The van der Waals surface area contributed by atoms with Crippen molar-refractivity contribution in [1.29, 1.82) is 0 Å². The molecule has 3 nitrogen and oxygen atoms in total. The van der Waals surface area contributed by atoms with E-state index in [1.165, 1.54) is 6.42 Å². The van der Waals surface area contributed by atoms with E-state index in [1.807, 2.05) is 39.8 Å². The van der Waals surface area contributed by atoms with Gasteiger partial charge < -0.3 is 5.32 Å². The molecule has 1 aliphatic carbocycles. The highest BCUT2D eigenvalue weighted by Gasteiger charge is 2.40.